The first-order valence-electron chi connectivity index (χ1n) is 7.77. The Bertz CT molecular complexity index is 940. The Balaban J connectivity index is 2.33. The summed E-state index contributed by atoms with van der Waals surface area (Å²) in [7, 11) is 0. The number of rotatable bonds is 3. The lowest BCUT2D eigenvalue weighted by atomic mass is 9.97. The van der Waals surface area contributed by atoms with Gasteiger partial charge in [0.2, 0.25) is 5.95 Å². The van der Waals surface area contributed by atoms with Crippen molar-refractivity contribution in [2.75, 3.05) is 5.73 Å². The smallest absolute Gasteiger partial charge is 0.368 e. The lowest BCUT2D eigenvalue weighted by Gasteiger charge is -2.16. The molecule has 1 aromatic carbocycles. The Labute approximate surface area is 147 Å². The molecule has 3 rings (SSSR count). The highest BCUT2D eigenvalue weighted by molar-refractivity contribution is 5.83. The van der Waals surface area contributed by atoms with Crippen molar-refractivity contribution in [2.45, 2.75) is 19.6 Å². The van der Waals surface area contributed by atoms with Crippen LogP contribution in [0.25, 0.3) is 22.4 Å². The molecule has 0 radical (unpaired) electrons. The lowest BCUT2D eigenvalue weighted by molar-refractivity contribution is -0.141. The van der Waals surface area contributed by atoms with E-state index in [1.165, 1.54) is 6.92 Å². The summed E-state index contributed by atoms with van der Waals surface area (Å²) < 4.78 is 39.6. The number of hydrogen-bond donors (Lipinski definition) is 2. The molecular formula is C18H16F3N5. The zero-order chi connectivity index (χ0) is 18.9. The maximum Gasteiger partial charge on any atom is 0.433 e. The highest BCUT2D eigenvalue weighted by Gasteiger charge is 2.33. The summed E-state index contributed by atoms with van der Waals surface area (Å²) in [5.74, 6) is 0.00914. The van der Waals surface area contributed by atoms with E-state index in [9.17, 15) is 13.2 Å². The molecule has 5 nitrogen and oxygen atoms in total. The number of nitrogens with two attached hydrogens (primary N) is 2. The van der Waals surface area contributed by atoms with Crippen LogP contribution in [0.5, 0.6) is 0 Å². The Morgan fingerprint density at radius 1 is 0.962 bits per heavy atom. The van der Waals surface area contributed by atoms with Crippen molar-refractivity contribution in [2.24, 2.45) is 5.73 Å². The average molecular weight is 359 g/mol. The van der Waals surface area contributed by atoms with Crippen molar-refractivity contribution in [3.63, 3.8) is 0 Å². The van der Waals surface area contributed by atoms with E-state index < -0.39 is 11.9 Å². The summed E-state index contributed by atoms with van der Waals surface area (Å²) in [5.41, 5.74) is 13.0. The summed E-state index contributed by atoms with van der Waals surface area (Å²) >= 11 is 0. The number of hydrogen-bond acceptors (Lipinski definition) is 5. The van der Waals surface area contributed by atoms with Crippen LogP contribution >= 0.6 is 0 Å². The quantitative estimate of drug-likeness (QED) is 0.746. The zero-order valence-electron chi connectivity index (χ0n) is 13.9. The highest BCUT2D eigenvalue weighted by atomic mass is 19.4. The predicted octanol–water partition coefficient (Wildman–Crippen LogP) is 3.57. The standard InChI is InChI=1S/C18H16F3N5/c1-10-7-12(8-14(24-10)18(19,20)21)15-13(9-22)25-17(23)26-16(15)11-5-3-2-4-6-11/h2-8H,9,22H2,1H3,(H2,23,25,26). The van der Waals surface area contributed by atoms with Gasteiger partial charge in [0.1, 0.15) is 5.69 Å². The van der Waals surface area contributed by atoms with Gasteiger partial charge in [0.15, 0.2) is 0 Å². The fraction of sp³-hybridized carbons (Fsp3) is 0.167. The van der Waals surface area contributed by atoms with Gasteiger partial charge in [0.05, 0.1) is 11.4 Å². The van der Waals surface area contributed by atoms with Crippen molar-refractivity contribution in [1.29, 1.82) is 0 Å². The number of alkyl halides is 3. The molecule has 0 aliphatic heterocycles. The van der Waals surface area contributed by atoms with E-state index in [1.807, 2.05) is 6.07 Å². The molecule has 0 amide bonds. The largest absolute Gasteiger partial charge is 0.433 e. The Kier molecular flexibility index (Phi) is 4.60. The van der Waals surface area contributed by atoms with Gasteiger partial charge in [-0.05, 0) is 24.6 Å². The number of nitrogen functional groups attached to an aromatic ring is 1. The van der Waals surface area contributed by atoms with Crippen LogP contribution in [0.3, 0.4) is 0 Å². The van der Waals surface area contributed by atoms with E-state index in [-0.39, 0.29) is 18.2 Å². The average Bonchev–Trinajstić information content (AvgIpc) is 2.60. The molecule has 0 spiro atoms. The minimum absolute atomic E-state index is 0.00457. The van der Waals surface area contributed by atoms with Gasteiger partial charge in [-0.25, -0.2) is 15.0 Å². The van der Waals surface area contributed by atoms with Crippen molar-refractivity contribution < 1.29 is 13.2 Å². The van der Waals surface area contributed by atoms with E-state index in [4.69, 9.17) is 11.5 Å². The maximum absolute atomic E-state index is 13.2. The summed E-state index contributed by atoms with van der Waals surface area (Å²) in [6.45, 7) is 1.51. The lowest BCUT2D eigenvalue weighted by Crippen LogP contribution is -2.11. The van der Waals surface area contributed by atoms with Crippen molar-refractivity contribution >= 4 is 5.95 Å². The van der Waals surface area contributed by atoms with Gasteiger partial charge < -0.3 is 11.5 Å². The third-order valence-electron chi connectivity index (χ3n) is 3.77. The maximum atomic E-state index is 13.2. The fourth-order valence-corrected chi connectivity index (χ4v) is 2.74. The SMILES string of the molecule is Cc1cc(-c2c(CN)nc(N)nc2-c2ccccc2)cc(C(F)(F)F)n1. The second kappa shape index (κ2) is 6.72. The number of aryl methyl sites for hydroxylation is 1. The minimum Gasteiger partial charge on any atom is -0.368 e. The molecule has 8 heteroatoms. The third kappa shape index (κ3) is 3.50. The Morgan fingerprint density at radius 3 is 2.27 bits per heavy atom. The predicted molar refractivity (Wildman–Crippen MR) is 92.7 cm³/mol. The van der Waals surface area contributed by atoms with Crippen LogP contribution in [0, 0.1) is 6.92 Å². The van der Waals surface area contributed by atoms with Gasteiger partial charge in [-0.3, -0.25) is 0 Å². The summed E-state index contributed by atoms with van der Waals surface area (Å²) in [4.78, 5) is 12.0. The zero-order valence-corrected chi connectivity index (χ0v) is 13.9. The molecule has 0 fully saturated rings. The number of aromatic nitrogens is 3. The minimum atomic E-state index is -4.56. The number of halogens is 3. The second-order valence-electron chi connectivity index (χ2n) is 5.70. The van der Waals surface area contributed by atoms with Gasteiger partial charge in [-0.1, -0.05) is 30.3 Å². The van der Waals surface area contributed by atoms with Gasteiger partial charge in [0, 0.05) is 23.4 Å². The molecule has 26 heavy (non-hydrogen) atoms. The molecule has 0 atom stereocenters. The van der Waals surface area contributed by atoms with Crippen LogP contribution in [-0.4, -0.2) is 15.0 Å². The van der Waals surface area contributed by atoms with Crippen LogP contribution in [0.1, 0.15) is 17.1 Å². The molecule has 0 aliphatic rings. The summed E-state index contributed by atoms with van der Waals surface area (Å²) in [6, 6.07) is 11.6. The van der Waals surface area contributed by atoms with E-state index in [0.29, 0.717) is 28.1 Å². The van der Waals surface area contributed by atoms with Gasteiger partial charge >= 0.3 is 6.18 Å². The first-order valence-corrected chi connectivity index (χ1v) is 7.77. The Hall–Kier alpha value is -3.00. The first-order chi connectivity index (χ1) is 12.3. The molecule has 3 aromatic rings. The number of nitrogens with zero attached hydrogens (tertiary/aromatic N) is 3. The normalized spacial score (nSPS) is 11.6. The molecule has 0 saturated heterocycles. The van der Waals surface area contributed by atoms with E-state index in [1.54, 1.807) is 30.3 Å². The fourth-order valence-electron chi connectivity index (χ4n) is 2.74. The molecule has 2 aromatic heterocycles. The van der Waals surface area contributed by atoms with Crippen molar-refractivity contribution in [3.8, 4) is 22.4 Å². The molecule has 0 aliphatic carbocycles. The molecule has 4 N–H and O–H groups in total. The Morgan fingerprint density at radius 2 is 1.65 bits per heavy atom. The molecular weight excluding hydrogens is 343 g/mol. The van der Waals surface area contributed by atoms with Gasteiger partial charge in [0.25, 0.3) is 0 Å². The molecule has 2 heterocycles. The van der Waals surface area contributed by atoms with Gasteiger partial charge in [-0.15, -0.1) is 0 Å². The second-order valence-corrected chi connectivity index (χ2v) is 5.70. The number of anilines is 1. The highest BCUT2D eigenvalue weighted by Crippen LogP contribution is 2.36. The van der Waals surface area contributed by atoms with Gasteiger partial charge in [-0.2, -0.15) is 13.2 Å². The molecule has 134 valence electrons. The van der Waals surface area contributed by atoms with Crippen LogP contribution in [0.2, 0.25) is 0 Å². The van der Waals surface area contributed by atoms with E-state index >= 15 is 0 Å². The van der Waals surface area contributed by atoms with Crippen LogP contribution in [0.4, 0.5) is 19.1 Å². The summed E-state index contributed by atoms with van der Waals surface area (Å²) in [5, 5.41) is 0. The van der Waals surface area contributed by atoms with Crippen LogP contribution in [-0.2, 0) is 12.7 Å². The van der Waals surface area contributed by atoms with Crippen molar-refractivity contribution in [3.05, 3.63) is 59.5 Å². The third-order valence-corrected chi connectivity index (χ3v) is 3.77. The van der Waals surface area contributed by atoms with Crippen LogP contribution < -0.4 is 11.5 Å². The van der Waals surface area contributed by atoms with E-state index in [0.717, 1.165) is 6.07 Å². The summed E-state index contributed by atoms with van der Waals surface area (Å²) in [6.07, 6.45) is -4.56. The molecule has 0 saturated carbocycles. The van der Waals surface area contributed by atoms with E-state index in [2.05, 4.69) is 15.0 Å². The molecule has 0 unspecified atom stereocenters. The monoisotopic (exact) mass is 359 g/mol. The molecule has 0 bridgehead atoms. The topological polar surface area (TPSA) is 90.7 Å². The number of benzene rings is 1. The first kappa shape index (κ1) is 17.8. The number of pyridine rings is 1. The van der Waals surface area contributed by atoms with Crippen LogP contribution in [0.15, 0.2) is 42.5 Å². The van der Waals surface area contributed by atoms with Crippen molar-refractivity contribution in [1.82, 2.24) is 15.0 Å².